The summed E-state index contributed by atoms with van der Waals surface area (Å²) in [6, 6.07) is 8.95. The summed E-state index contributed by atoms with van der Waals surface area (Å²) in [6.07, 6.45) is 3.74. The van der Waals surface area contributed by atoms with Crippen LogP contribution in [0.4, 0.5) is 0 Å². The topological polar surface area (TPSA) is 29.3 Å². The zero-order valence-electron chi connectivity index (χ0n) is 11.7. The molecule has 2 rings (SSSR count). The van der Waals surface area contributed by atoms with Gasteiger partial charge in [-0.15, -0.1) is 0 Å². The summed E-state index contributed by atoms with van der Waals surface area (Å²) in [5, 5.41) is 0. The van der Waals surface area contributed by atoms with E-state index in [1.54, 1.807) is 0 Å². The van der Waals surface area contributed by atoms with Gasteiger partial charge in [-0.25, -0.2) is 0 Å². The molecule has 2 atom stereocenters. The first kappa shape index (κ1) is 13.6. The van der Waals surface area contributed by atoms with Gasteiger partial charge in [-0.3, -0.25) is 0 Å². The molecular weight excluding hydrogens is 220 g/mol. The van der Waals surface area contributed by atoms with E-state index in [4.69, 9.17) is 5.73 Å². The van der Waals surface area contributed by atoms with Crippen LogP contribution in [0, 0.1) is 5.92 Å². The monoisotopic (exact) mass is 246 g/mol. The van der Waals surface area contributed by atoms with Crippen LogP contribution in [0.5, 0.6) is 0 Å². The largest absolute Gasteiger partial charge is 0.323 e. The first-order valence-corrected chi connectivity index (χ1v) is 7.29. The maximum atomic E-state index is 6.31. The van der Waals surface area contributed by atoms with Crippen LogP contribution < -0.4 is 5.73 Å². The van der Waals surface area contributed by atoms with E-state index in [1.165, 1.54) is 37.1 Å². The highest BCUT2D eigenvalue weighted by atomic mass is 15.2. The molecule has 2 heteroatoms. The van der Waals surface area contributed by atoms with Crippen molar-refractivity contribution in [2.24, 2.45) is 11.7 Å². The van der Waals surface area contributed by atoms with Crippen molar-refractivity contribution in [3.8, 4) is 0 Å². The van der Waals surface area contributed by atoms with E-state index in [0.29, 0.717) is 0 Å². The minimum atomic E-state index is 0.159. The fraction of sp³-hybridized carbons (Fsp3) is 0.625. The van der Waals surface area contributed by atoms with Gasteiger partial charge in [-0.05, 0) is 36.4 Å². The number of hydrogen-bond donors (Lipinski definition) is 1. The molecule has 0 amide bonds. The second kappa shape index (κ2) is 6.35. The molecule has 2 nitrogen and oxygen atoms in total. The Morgan fingerprint density at radius 2 is 2.00 bits per heavy atom. The van der Waals surface area contributed by atoms with Gasteiger partial charge >= 0.3 is 0 Å². The predicted molar refractivity (Wildman–Crippen MR) is 77.6 cm³/mol. The molecule has 2 N–H and O–H groups in total. The van der Waals surface area contributed by atoms with Gasteiger partial charge < -0.3 is 10.6 Å². The molecule has 0 spiro atoms. The van der Waals surface area contributed by atoms with Crippen molar-refractivity contribution in [3.63, 3.8) is 0 Å². The predicted octanol–water partition coefficient (Wildman–Crippen LogP) is 2.98. The number of nitrogens with two attached hydrogens (primary N) is 1. The molecule has 1 aliphatic heterocycles. The lowest BCUT2D eigenvalue weighted by Crippen LogP contribution is -2.30. The highest BCUT2D eigenvalue weighted by Gasteiger charge is 2.22. The molecule has 100 valence electrons. The lowest BCUT2D eigenvalue weighted by Gasteiger charge is -2.21. The van der Waals surface area contributed by atoms with Crippen molar-refractivity contribution in [1.82, 2.24) is 4.90 Å². The zero-order chi connectivity index (χ0) is 13.0. The third kappa shape index (κ3) is 3.33. The van der Waals surface area contributed by atoms with Crippen LogP contribution >= 0.6 is 0 Å². The highest BCUT2D eigenvalue weighted by molar-refractivity contribution is 5.25. The van der Waals surface area contributed by atoms with Gasteiger partial charge in [0.15, 0.2) is 0 Å². The molecule has 1 saturated heterocycles. The molecule has 0 aromatic heterocycles. The summed E-state index contributed by atoms with van der Waals surface area (Å²) in [7, 11) is 0. The van der Waals surface area contributed by atoms with Crippen molar-refractivity contribution in [1.29, 1.82) is 0 Å². The lowest BCUT2D eigenvalue weighted by atomic mass is 10.0. The quantitative estimate of drug-likeness (QED) is 0.865. The summed E-state index contributed by atoms with van der Waals surface area (Å²) in [5.74, 6) is 0.889. The van der Waals surface area contributed by atoms with E-state index in [9.17, 15) is 0 Å². The van der Waals surface area contributed by atoms with Crippen LogP contribution in [0.2, 0.25) is 0 Å². The second-order valence-corrected chi connectivity index (χ2v) is 5.52. The van der Waals surface area contributed by atoms with Gasteiger partial charge in [0.2, 0.25) is 0 Å². The third-order valence-electron chi connectivity index (χ3n) is 4.22. The molecule has 1 aromatic carbocycles. The van der Waals surface area contributed by atoms with Crippen molar-refractivity contribution in [2.75, 3.05) is 19.6 Å². The standard InChI is InChI=1S/C16H26N2/c1-3-13-5-7-15(8-6-13)16(17)12-18-10-9-14(4-2)11-18/h5-8,14,16H,3-4,9-12,17H2,1-2H3. The number of hydrogen-bond acceptors (Lipinski definition) is 2. The van der Waals surface area contributed by atoms with Crippen LogP contribution in [0.25, 0.3) is 0 Å². The van der Waals surface area contributed by atoms with Crippen molar-refractivity contribution >= 4 is 0 Å². The van der Waals surface area contributed by atoms with Gasteiger partial charge in [0.1, 0.15) is 0 Å². The van der Waals surface area contributed by atoms with Crippen LogP contribution in [-0.2, 0) is 6.42 Å². The first-order valence-electron chi connectivity index (χ1n) is 7.29. The summed E-state index contributed by atoms with van der Waals surface area (Å²) >= 11 is 0. The van der Waals surface area contributed by atoms with E-state index in [0.717, 1.165) is 18.9 Å². The minimum absolute atomic E-state index is 0.159. The fourth-order valence-electron chi connectivity index (χ4n) is 2.80. The Morgan fingerprint density at radius 1 is 1.28 bits per heavy atom. The minimum Gasteiger partial charge on any atom is -0.323 e. The van der Waals surface area contributed by atoms with Gasteiger partial charge in [0, 0.05) is 19.1 Å². The Kier molecular flexibility index (Phi) is 4.79. The van der Waals surface area contributed by atoms with Gasteiger partial charge in [0.05, 0.1) is 0 Å². The van der Waals surface area contributed by atoms with Crippen LogP contribution in [-0.4, -0.2) is 24.5 Å². The van der Waals surface area contributed by atoms with Gasteiger partial charge in [-0.2, -0.15) is 0 Å². The Balaban J connectivity index is 1.89. The molecule has 0 saturated carbocycles. The molecule has 0 aliphatic carbocycles. The number of nitrogens with zero attached hydrogens (tertiary/aromatic N) is 1. The van der Waals surface area contributed by atoms with Crippen molar-refractivity contribution in [2.45, 2.75) is 39.2 Å². The lowest BCUT2D eigenvalue weighted by molar-refractivity contribution is 0.302. The van der Waals surface area contributed by atoms with Crippen LogP contribution in [0.15, 0.2) is 24.3 Å². The average Bonchev–Trinajstić information content (AvgIpc) is 2.86. The van der Waals surface area contributed by atoms with Gasteiger partial charge in [0.25, 0.3) is 0 Å². The summed E-state index contributed by atoms with van der Waals surface area (Å²) in [6.45, 7) is 7.93. The summed E-state index contributed by atoms with van der Waals surface area (Å²) < 4.78 is 0. The molecule has 0 radical (unpaired) electrons. The molecule has 1 heterocycles. The molecular formula is C16H26N2. The normalized spacial score (nSPS) is 22.3. The molecule has 2 unspecified atom stereocenters. The zero-order valence-corrected chi connectivity index (χ0v) is 11.7. The molecule has 1 aliphatic rings. The van der Waals surface area contributed by atoms with E-state index in [2.05, 4.69) is 43.0 Å². The Morgan fingerprint density at radius 3 is 2.56 bits per heavy atom. The Hall–Kier alpha value is -0.860. The van der Waals surface area contributed by atoms with Crippen molar-refractivity contribution in [3.05, 3.63) is 35.4 Å². The fourth-order valence-corrected chi connectivity index (χ4v) is 2.80. The molecule has 18 heavy (non-hydrogen) atoms. The summed E-state index contributed by atoms with van der Waals surface area (Å²) in [4.78, 5) is 2.52. The number of rotatable bonds is 5. The molecule has 1 aromatic rings. The van der Waals surface area contributed by atoms with Gasteiger partial charge in [-0.1, -0.05) is 44.5 Å². The van der Waals surface area contributed by atoms with Crippen LogP contribution in [0.3, 0.4) is 0 Å². The van der Waals surface area contributed by atoms with Crippen LogP contribution in [0.1, 0.15) is 43.9 Å². The summed E-state index contributed by atoms with van der Waals surface area (Å²) in [5.41, 5.74) is 8.97. The van der Waals surface area contributed by atoms with E-state index < -0.39 is 0 Å². The second-order valence-electron chi connectivity index (χ2n) is 5.52. The maximum absolute atomic E-state index is 6.31. The third-order valence-corrected chi connectivity index (χ3v) is 4.22. The average molecular weight is 246 g/mol. The van der Waals surface area contributed by atoms with Crippen molar-refractivity contribution < 1.29 is 0 Å². The number of likely N-dealkylation sites (tertiary alicyclic amines) is 1. The van der Waals surface area contributed by atoms with E-state index in [-0.39, 0.29) is 6.04 Å². The first-order chi connectivity index (χ1) is 8.72. The number of aryl methyl sites for hydroxylation is 1. The number of benzene rings is 1. The smallest absolute Gasteiger partial charge is 0.0424 e. The Bertz CT molecular complexity index is 358. The van der Waals surface area contributed by atoms with E-state index >= 15 is 0 Å². The van der Waals surface area contributed by atoms with E-state index in [1.807, 2.05) is 0 Å². The Labute approximate surface area is 111 Å². The molecule has 1 fully saturated rings. The SMILES string of the molecule is CCc1ccc(C(N)CN2CCC(CC)C2)cc1. The molecule has 0 bridgehead atoms. The maximum Gasteiger partial charge on any atom is 0.0424 e. The highest BCUT2D eigenvalue weighted by Crippen LogP contribution is 2.21.